The number of thioether (sulfide) groups is 1. The SMILES string of the molecule is NC(=O)OCC1=C(C(=O)O)N2C(=O)C(NC(=O)C(NC(=O)NC(=O)C=Cc3ccccc3)c3cccc(O)c3)[C@@H]2SC1. The third-order valence-electron chi connectivity index (χ3n) is 6.14. The van der Waals surface area contributed by atoms with Gasteiger partial charge in [0.05, 0.1) is 0 Å². The molecule has 42 heavy (non-hydrogen) atoms. The van der Waals surface area contributed by atoms with E-state index in [0.717, 1.165) is 28.3 Å². The standard InChI is InChI=1S/C27H25N5O9S/c28-26(39)41-12-16-13-42-24-20(23(36)32(24)21(16)25(37)38)30-22(35)19(15-7-4-8-17(33)11-15)31-27(40)29-18(34)10-9-14-5-2-1-3-6-14/h1-11,19-20,24,33H,12-13H2,(H2,28,39)(H,30,35)(H,37,38)(H2,29,31,34,40)/t19?,20?,24-/m0/s1. The van der Waals surface area contributed by atoms with Gasteiger partial charge in [-0.1, -0.05) is 42.5 Å². The summed E-state index contributed by atoms with van der Waals surface area (Å²) in [7, 11) is 0. The lowest BCUT2D eigenvalue weighted by Gasteiger charge is -2.49. The first kappa shape index (κ1) is 29.7. The number of carboxylic acid groups (broad SMARTS) is 1. The van der Waals surface area contributed by atoms with E-state index in [0.29, 0.717) is 0 Å². The Morgan fingerprint density at radius 1 is 1.12 bits per heavy atom. The van der Waals surface area contributed by atoms with Crippen molar-refractivity contribution in [1.82, 2.24) is 20.9 Å². The number of phenolic OH excluding ortho intramolecular Hbond substituents is 1. The van der Waals surface area contributed by atoms with Crippen LogP contribution in [0.25, 0.3) is 6.08 Å². The Balaban J connectivity index is 1.47. The number of β-lactam (4-membered cyclic amide) rings is 1. The molecule has 2 heterocycles. The van der Waals surface area contributed by atoms with Crippen molar-refractivity contribution in [1.29, 1.82) is 0 Å². The van der Waals surface area contributed by atoms with Crippen LogP contribution in [-0.2, 0) is 23.9 Å². The largest absolute Gasteiger partial charge is 0.508 e. The van der Waals surface area contributed by atoms with Gasteiger partial charge in [-0.3, -0.25) is 24.6 Å². The van der Waals surface area contributed by atoms with Gasteiger partial charge in [-0.25, -0.2) is 14.4 Å². The minimum Gasteiger partial charge on any atom is -0.508 e. The van der Waals surface area contributed by atoms with E-state index in [2.05, 4.69) is 16.0 Å². The number of urea groups is 1. The Bertz CT molecular complexity index is 1490. The third-order valence-corrected chi connectivity index (χ3v) is 7.48. The van der Waals surface area contributed by atoms with E-state index >= 15 is 0 Å². The number of hydrogen-bond acceptors (Lipinski definition) is 9. The topological polar surface area (TPSA) is 217 Å². The number of nitrogens with one attached hydrogen (secondary N) is 3. The Labute approximate surface area is 242 Å². The van der Waals surface area contributed by atoms with Crippen LogP contribution < -0.4 is 21.7 Å². The second-order valence-electron chi connectivity index (χ2n) is 9.00. The number of carboxylic acids is 1. The number of carbonyl (C=O) groups excluding carboxylic acids is 5. The molecule has 0 bridgehead atoms. The fourth-order valence-electron chi connectivity index (χ4n) is 4.25. The molecule has 2 aromatic carbocycles. The molecule has 4 rings (SSSR count). The van der Waals surface area contributed by atoms with Crippen molar-refractivity contribution >= 4 is 53.7 Å². The van der Waals surface area contributed by atoms with Gasteiger partial charge >= 0.3 is 18.1 Å². The first-order valence-electron chi connectivity index (χ1n) is 12.3. The molecule has 0 aromatic heterocycles. The fourth-order valence-corrected chi connectivity index (χ4v) is 5.58. The number of hydrogen-bond donors (Lipinski definition) is 6. The molecular formula is C27H25N5O9S. The lowest BCUT2D eigenvalue weighted by Crippen LogP contribution is -2.71. The summed E-state index contributed by atoms with van der Waals surface area (Å²) in [4.78, 5) is 75.1. The van der Waals surface area contributed by atoms with E-state index in [1.54, 1.807) is 30.3 Å². The highest BCUT2D eigenvalue weighted by molar-refractivity contribution is 8.00. The molecule has 2 unspecified atom stereocenters. The van der Waals surface area contributed by atoms with Crippen molar-refractivity contribution in [2.45, 2.75) is 17.5 Å². The number of phenols is 1. The highest BCUT2D eigenvalue weighted by Gasteiger charge is 2.54. The molecule has 0 radical (unpaired) electrons. The summed E-state index contributed by atoms with van der Waals surface area (Å²) in [6, 6.07) is 10.7. The molecule has 6 amide bonds. The molecule has 2 aliphatic heterocycles. The predicted molar refractivity (Wildman–Crippen MR) is 148 cm³/mol. The zero-order valence-corrected chi connectivity index (χ0v) is 22.5. The minimum atomic E-state index is -1.45. The molecule has 15 heteroatoms. The van der Waals surface area contributed by atoms with Crippen molar-refractivity contribution in [3.63, 3.8) is 0 Å². The molecule has 0 spiro atoms. The number of aliphatic carboxylic acids is 1. The van der Waals surface area contributed by atoms with E-state index in [1.165, 1.54) is 30.3 Å². The fraction of sp³-hybridized carbons (Fsp3) is 0.185. The summed E-state index contributed by atoms with van der Waals surface area (Å²) in [5.74, 6) is -3.92. The summed E-state index contributed by atoms with van der Waals surface area (Å²) in [6.45, 7) is -0.421. The lowest BCUT2D eigenvalue weighted by atomic mass is 10.0. The maximum Gasteiger partial charge on any atom is 0.404 e. The summed E-state index contributed by atoms with van der Waals surface area (Å²) in [5, 5.41) is 25.8. The molecule has 218 valence electrons. The maximum absolute atomic E-state index is 13.4. The number of primary amides is 1. The average Bonchev–Trinajstić information content (AvgIpc) is 2.96. The van der Waals surface area contributed by atoms with Crippen LogP contribution in [0, 0.1) is 0 Å². The number of aromatic hydroxyl groups is 1. The van der Waals surface area contributed by atoms with Gasteiger partial charge in [0.1, 0.15) is 35.5 Å². The Morgan fingerprint density at radius 3 is 2.52 bits per heavy atom. The van der Waals surface area contributed by atoms with E-state index in [9.17, 15) is 39.0 Å². The zero-order valence-electron chi connectivity index (χ0n) is 21.7. The van der Waals surface area contributed by atoms with E-state index < -0.39 is 59.9 Å². The van der Waals surface area contributed by atoms with Gasteiger partial charge < -0.3 is 31.3 Å². The van der Waals surface area contributed by atoms with Crippen molar-refractivity contribution in [2.75, 3.05) is 12.4 Å². The molecule has 1 saturated heterocycles. The number of imide groups is 1. The van der Waals surface area contributed by atoms with Gasteiger partial charge in [0.15, 0.2) is 0 Å². The van der Waals surface area contributed by atoms with Crippen LogP contribution in [0.4, 0.5) is 9.59 Å². The van der Waals surface area contributed by atoms with Crippen molar-refractivity contribution in [3.8, 4) is 5.75 Å². The number of ether oxygens (including phenoxy) is 1. The van der Waals surface area contributed by atoms with Gasteiger partial charge in [-0.2, -0.15) is 0 Å². The summed E-state index contributed by atoms with van der Waals surface area (Å²) in [6.07, 6.45) is 1.52. The number of carbonyl (C=O) groups is 6. The van der Waals surface area contributed by atoms with Gasteiger partial charge in [0, 0.05) is 17.4 Å². The molecule has 14 nitrogen and oxygen atoms in total. The van der Waals surface area contributed by atoms with E-state index in [1.807, 2.05) is 0 Å². The normalized spacial score (nSPS) is 18.4. The molecule has 0 saturated carbocycles. The maximum atomic E-state index is 13.4. The highest BCUT2D eigenvalue weighted by Crippen LogP contribution is 2.40. The number of nitrogens with two attached hydrogens (primary N) is 1. The van der Waals surface area contributed by atoms with Gasteiger partial charge in [0.25, 0.3) is 11.8 Å². The number of nitrogens with zero attached hydrogens (tertiary/aromatic N) is 1. The number of amides is 6. The average molecular weight is 596 g/mol. The first-order chi connectivity index (χ1) is 20.0. The highest BCUT2D eigenvalue weighted by atomic mass is 32.2. The van der Waals surface area contributed by atoms with Gasteiger partial charge in [-0.15, -0.1) is 11.8 Å². The molecule has 0 aliphatic carbocycles. The Hall–Kier alpha value is -5.31. The lowest BCUT2D eigenvalue weighted by molar-refractivity contribution is -0.151. The van der Waals surface area contributed by atoms with E-state index in [-0.39, 0.29) is 28.3 Å². The number of fused-ring (bicyclic) bond motifs is 1. The summed E-state index contributed by atoms with van der Waals surface area (Å²) >= 11 is 1.13. The molecule has 7 N–H and O–H groups in total. The summed E-state index contributed by atoms with van der Waals surface area (Å²) in [5.41, 5.74) is 5.60. The molecule has 2 aliphatic rings. The second kappa shape index (κ2) is 12.9. The summed E-state index contributed by atoms with van der Waals surface area (Å²) < 4.78 is 4.69. The van der Waals surface area contributed by atoms with Crippen LogP contribution in [0.5, 0.6) is 5.75 Å². The molecular weight excluding hydrogens is 570 g/mol. The molecule has 2 aromatic rings. The first-order valence-corrected chi connectivity index (χ1v) is 13.4. The van der Waals surface area contributed by atoms with Gasteiger partial charge in [0.2, 0.25) is 5.91 Å². The third kappa shape index (κ3) is 6.87. The molecule has 1 fully saturated rings. The number of rotatable bonds is 9. The molecule has 3 atom stereocenters. The van der Waals surface area contributed by atoms with Crippen LogP contribution in [-0.4, -0.2) is 74.7 Å². The number of benzene rings is 2. The van der Waals surface area contributed by atoms with Crippen LogP contribution >= 0.6 is 11.8 Å². The monoisotopic (exact) mass is 595 g/mol. The second-order valence-corrected chi connectivity index (χ2v) is 10.1. The Kier molecular flexibility index (Phi) is 9.12. The van der Waals surface area contributed by atoms with Crippen LogP contribution in [0.1, 0.15) is 17.2 Å². The predicted octanol–water partition coefficient (Wildman–Crippen LogP) is 0.806. The quantitative estimate of drug-likeness (QED) is 0.177. The van der Waals surface area contributed by atoms with Crippen molar-refractivity contribution in [3.05, 3.63) is 83.1 Å². The van der Waals surface area contributed by atoms with Crippen LogP contribution in [0.3, 0.4) is 0 Å². The zero-order chi connectivity index (χ0) is 30.4. The smallest absolute Gasteiger partial charge is 0.404 e. The Morgan fingerprint density at radius 2 is 1.86 bits per heavy atom. The van der Waals surface area contributed by atoms with Crippen molar-refractivity contribution in [2.24, 2.45) is 5.73 Å². The van der Waals surface area contributed by atoms with Crippen LogP contribution in [0.2, 0.25) is 0 Å². The van der Waals surface area contributed by atoms with Crippen LogP contribution in [0.15, 0.2) is 71.9 Å². The minimum absolute atomic E-state index is 0.0744. The van der Waals surface area contributed by atoms with Gasteiger partial charge in [-0.05, 0) is 29.3 Å². The van der Waals surface area contributed by atoms with E-state index in [4.69, 9.17) is 10.5 Å². The van der Waals surface area contributed by atoms with Crippen molar-refractivity contribution < 1.29 is 43.7 Å².